The first-order chi connectivity index (χ1) is 14.1. The summed E-state index contributed by atoms with van der Waals surface area (Å²) in [4.78, 5) is 20.9. The van der Waals surface area contributed by atoms with Gasteiger partial charge in [0, 0.05) is 10.9 Å². The Morgan fingerprint density at radius 2 is 1.80 bits per heavy atom. The zero-order chi connectivity index (χ0) is 21.9. The fraction of sp³-hybridized carbons (Fsp3) is 0.190. The number of rotatable bonds is 6. The number of carbonyl (C=O) groups is 1. The molecule has 0 aliphatic carbocycles. The Bertz CT molecular complexity index is 1220. The topological polar surface area (TPSA) is 141 Å². The van der Waals surface area contributed by atoms with Gasteiger partial charge >= 0.3 is 0 Å². The number of aliphatic imine (C=N–C) groups is 1. The van der Waals surface area contributed by atoms with E-state index in [9.17, 15) is 13.2 Å². The molecule has 9 heteroatoms. The van der Waals surface area contributed by atoms with Crippen molar-refractivity contribution in [2.24, 2.45) is 22.4 Å². The molecule has 0 aliphatic rings. The van der Waals surface area contributed by atoms with E-state index in [2.05, 4.69) is 14.7 Å². The van der Waals surface area contributed by atoms with Gasteiger partial charge in [0.05, 0.1) is 28.2 Å². The van der Waals surface area contributed by atoms with Gasteiger partial charge < -0.3 is 11.5 Å². The lowest BCUT2D eigenvalue weighted by Gasteiger charge is -2.12. The van der Waals surface area contributed by atoms with Crippen LogP contribution in [-0.2, 0) is 10.0 Å². The van der Waals surface area contributed by atoms with Crippen molar-refractivity contribution < 1.29 is 13.2 Å². The van der Waals surface area contributed by atoms with Crippen LogP contribution in [0, 0.1) is 5.92 Å². The molecule has 3 aromatic rings. The van der Waals surface area contributed by atoms with Crippen molar-refractivity contribution >= 4 is 38.5 Å². The summed E-state index contributed by atoms with van der Waals surface area (Å²) in [6, 6.07) is 15.7. The average molecular weight is 426 g/mol. The van der Waals surface area contributed by atoms with Gasteiger partial charge in [-0.15, -0.1) is 0 Å². The van der Waals surface area contributed by atoms with Crippen molar-refractivity contribution in [3.8, 4) is 11.3 Å². The van der Waals surface area contributed by atoms with Crippen LogP contribution < -0.4 is 16.2 Å². The molecule has 1 heterocycles. The Hall–Kier alpha value is -3.46. The molecule has 0 aliphatic heterocycles. The SMILES string of the molecule is CC(C)CS(=O)(=O)Nc1ccc2c(C(=O)N=C(N)N)cc(-c3ccccc3)nc2c1. The lowest BCUT2D eigenvalue weighted by atomic mass is 10.0. The van der Waals surface area contributed by atoms with Crippen LogP contribution in [0.5, 0.6) is 0 Å². The molecule has 0 saturated heterocycles. The van der Waals surface area contributed by atoms with Crippen LogP contribution in [-0.4, -0.2) is 31.0 Å². The van der Waals surface area contributed by atoms with Gasteiger partial charge in [-0.05, 0) is 30.2 Å². The second-order valence-electron chi connectivity index (χ2n) is 7.27. The number of nitrogens with two attached hydrogens (primary N) is 2. The van der Waals surface area contributed by atoms with Gasteiger partial charge in [0.25, 0.3) is 5.91 Å². The van der Waals surface area contributed by atoms with Crippen LogP contribution in [0.3, 0.4) is 0 Å². The quantitative estimate of drug-likeness (QED) is 0.410. The molecule has 0 unspecified atom stereocenters. The normalized spacial score (nSPS) is 11.4. The van der Waals surface area contributed by atoms with Crippen molar-refractivity contribution in [1.82, 2.24) is 4.98 Å². The number of carbonyl (C=O) groups excluding carboxylic acids is 1. The molecule has 3 rings (SSSR count). The minimum atomic E-state index is -3.51. The molecule has 1 amide bonds. The maximum Gasteiger partial charge on any atom is 0.280 e. The van der Waals surface area contributed by atoms with Crippen LogP contribution in [0.25, 0.3) is 22.2 Å². The summed E-state index contributed by atoms with van der Waals surface area (Å²) < 4.78 is 27.2. The maximum atomic E-state index is 12.6. The number of sulfonamides is 1. The molecule has 0 atom stereocenters. The molecule has 156 valence electrons. The molecule has 0 radical (unpaired) electrons. The zero-order valence-corrected chi connectivity index (χ0v) is 17.5. The van der Waals surface area contributed by atoms with E-state index in [0.717, 1.165) is 5.56 Å². The number of hydrogen-bond donors (Lipinski definition) is 3. The van der Waals surface area contributed by atoms with Gasteiger partial charge in [0.1, 0.15) is 0 Å². The van der Waals surface area contributed by atoms with Crippen LogP contribution in [0.15, 0.2) is 59.6 Å². The van der Waals surface area contributed by atoms with E-state index in [4.69, 9.17) is 11.5 Å². The molecule has 8 nitrogen and oxygen atoms in total. The molecule has 5 N–H and O–H groups in total. The van der Waals surface area contributed by atoms with Crippen molar-refractivity contribution in [3.63, 3.8) is 0 Å². The number of hydrogen-bond acceptors (Lipinski definition) is 4. The van der Waals surface area contributed by atoms with Gasteiger partial charge in [-0.2, -0.15) is 4.99 Å². The largest absolute Gasteiger partial charge is 0.370 e. The molecule has 0 fully saturated rings. The van der Waals surface area contributed by atoms with Crippen molar-refractivity contribution in [1.29, 1.82) is 0 Å². The number of guanidine groups is 1. The Morgan fingerprint density at radius 1 is 1.10 bits per heavy atom. The first kappa shape index (κ1) is 21.3. The molecule has 1 aromatic heterocycles. The second kappa shape index (κ2) is 8.50. The summed E-state index contributed by atoms with van der Waals surface area (Å²) in [6.45, 7) is 3.66. The van der Waals surface area contributed by atoms with Crippen LogP contribution in [0.4, 0.5) is 5.69 Å². The first-order valence-corrected chi connectivity index (χ1v) is 10.9. The van der Waals surface area contributed by atoms with E-state index in [1.807, 2.05) is 44.2 Å². The minimum absolute atomic E-state index is 0.00323. The molecule has 0 saturated carbocycles. The molecular weight excluding hydrogens is 402 g/mol. The molecular formula is C21H23N5O3S. The van der Waals surface area contributed by atoms with Gasteiger partial charge in [0.15, 0.2) is 5.96 Å². The lowest BCUT2D eigenvalue weighted by Crippen LogP contribution is -2.24. The highest BCUT2D eigenvalue weighted by atomic mass is 32.2. The van der Waals surface area contributed by atoms with Gasteiger partial charge in [-0.3, -0.25) is 9.52 Å². The fourth-order valence-corrected chi connectivity index (χ4v) is 4.51. The Balaban J connectivity index is 2.15. The van der Waals surface area contributed by atoms with Crippen LogP contribution in [0.1, 0.15) is 24.2 Å². The number of fused-ring (bicyclic) bond motifs is 1. The third-order valence-corrected chi connectivity index (χ3v) is 5.82. The first-order valence-electron chi connectivity index (χ1n) is 9.29. The number of nitrogens with one attached hydrogen (secondary N) is 1. The Morgan fingerprint density at radius 3 is 2.43 bits per heavy atom. The highest BCUT2D eigenvalue weighted by Crippen LogP contribution is 2.28. The fourth-order valence-electron chi connectivity index (χ4n) is 3.06. The summed E-state index contributed by atoms with van der Waals surface area (Å²) >= 11 is 0. The predicted octanol–water partition coefficient (Wildman–Crippen LogP) is 2.71. The summed E-state index contributed by atoms with van der Waals surface area (Å²) in [5, 5.41) is 0.511. The van der Waals surface area contributed by atoms with Crippen molar-refractivity contribution in [3.05, 3.63) is 60.2 Å². The number of pyridine rings is 1. The number of nitrogens with zero attached hydrogens (tertiary/aromatic N) is 2. The van der Waals surface area contributed by atoms with Crippen LogP contribution in [0.2, 0.25) is 0 Å². The third-order valence-electron chi connectivity index (χ3n) is 4.17. The van der Waals surface area contributed by atoms with E-state index in [1.165, 1.54) is 0 Å². The second-order valence-corrected chi connectivity index (χ2v) is 9.04. The van der Waals surface area contributed by atoms with Crippen molar-refractivity contribution in [2.45, 2.75) is 13.8 Å². The smallest absolute Gasteiger partial charge is 0.280 e. The zero-order valence-electron chi connectivity index (χ0n) is 16.7. The van der Waals surface area contributed by atoms with E-state index >= 15 is 0 Å². The van der Waals surface area contributed by atoms with Gasteiger partial charge in [-0.25, -0.2) is 13.4 Å². The van der Waals surface area contributed by atoms with Crippen LogP contribution >= 0.6 is 0 Å². The van der Waals surface area contributed by atoms with Crippen molar-refractivity contribution in [2.75, 3.05) is 10.5 Å². The monoisotopic (exact) mass is 425 g/mol. The molecule has 0 bridgehead atoms. The minimum Gasteiger partial charge on any atom is -0.370 e. The lowest BCUT2D eigenvalue weighted by molar-refractivity contribution is 0.100. The highest BCUT2D eigenvalue weighted by molar-refractivity contribution is 7.92. The van der Waals surface area contributed by atoms with Gasteiger partial charge in [0.2, 0.25) is 10.0 Å². The van der Waals surface area contributed by atoms with E-state index in [-0.39, 0.29) is 23.2 Å². The van der Waals surface area contributed by atoms with E-state index in [1.54, 1.807) is 24.3 Å². The number of benzene rings is 2. The summed E-state index contributed by atoms with van der Waals surface area (Å²) in [5.74, 6) is -0.969. The third kappa shape index (κ3) is 5.12. The number of amides is 1. The summed E-state index contributed by atoms with van der Waals surface area (Å²) in [6.07, 6.45) is 0. The molecule has 0 spiro atoms. The Kier molecular flexibility index (Phi) is 6.02. The van der Waals surface area contributed by atoms with E-state index in [0.29, 0.717) is 22.3 Å². The maximum absolute atomic E-state index is 12.6. The average Bonchev–Trinajstić information content (AvgIpc) is 2.65. The molecule has 30 heavy (non-hydrogen) atoms. The standard InChI is InChI=1S/C21H23N5O3S/c1-13(2)12-30(28,29)26-15-8-9-16-17(20(27)25-21(22)23)11-18(24-19(16)10-15)14-6-4-3-5-7-14/h3-11,13,26H,12H2,1-2H3,(H4,22,23,25,27). The summed E-state index contributed by atoms with van der Waals surface area (Å²) in [7, 11) is -3.51. The summed E-state index contributed by atoms with van der Waals surface area (Å²) in [5.41, 5.74) is 13.1. The highest BCUT2D eigenvalue weighted by Gasteiger charge is 2.17. The van der Waals surface area contributed by atoms with E-state index < -0.39 is 15.9 Å². The Labute approximate surface area is 175 Å². The number of aromatic nitrogens is 1. The number of anilines is 1. The van der Waals surface area contributed by atoms with Gasteiger partial charge in [-0.1, -0.05) is 44.2 Å². The predicted molar refractivity (Wildman–Crippen MR) is 120 cm³/mol. The molecule has 2 aromatic carbocycles.